The van der Waals surface area contributed by atoms with Gasteiger partial charge in [0, 0.05) is 50.4 Å². The number of benzene rings is 1. The molecule has 4 rings (SSSR count). The van der Waals surface area contributed by atoms with Crippen molar-refractivity contribution in [1.82, 2.24) is 19.3 Å². The van der Waals surface area contributed by atoms with Crippen molar-refractivity contribution in [3.8, 4) is 0 Å². The van der Waals surface area contributed by atoms with E-state index in [1.807, 2.05) is 4.90 Å². The van der Waals surface area contributed by atoms with Gasteiger partial charge in [0.25, 0.3) is 0 Å². The third-order valence-electron chi connectivity index (χ3n) is 5.16. The number of rotatable bonds is 4. The van der Waals surface area contributed by atoms with Crippen LogP contribution in [0.1, 0.15) is 0 Å². The van der Waals surface area contributed by atoms with E-state index in [2.05, 4.69) is 9.80 Å². The van der Waals surface area contributed by atoms with Crippen LogP contribution in [0.2, 0.25) is 5.02 Å². The predicted molar refractivity (Wildman–Crippen MR) is 101 cm³/mol. The zero-order chi connectivity index (χ0) is 18.8. The number of amides is 1. The minimum Gasteiger partial charge on any atom is -0.408 e. The van der Waals surface area contributed by atoms with Crippen molar-refractivity contribution in [1.29, 1.82) is 0 Å². The van der Waals surface area contributed by atoms with Crippen LogP contribution < -0.4 is 5.76 Å². The van der Waals surface area contributed by atoms with Gasteiger partial charge in [0.15, 0.2) is 5.58 Å². The van der Waals surface area contributed by atoms with E-state index in [1.165, 1.54) is 0 Å². The summed E-state index contributed by atoms with van der Waals surface area (Å²) in [4.78, 5) is 30.9. The number of oxazole rings is 1. The number of carbonyl (C=O) groups excluding carboxylic acids is 1. The fourth-order valence-electron chi connectivity index (χ4n) is 3.56. The highest BCUT2D eigenvalue weighted by Crippen LogP contribution is 2.19. The number of hydrogen-bond acceptors (Lipinski definition) is 6. The first-order valence-electron chi connectivity index (χ1n) is 9.19. The van der Waals surface area contributed by atoms with Gasteiger partial charge in [-0.2, -0.15) is 0 Å². The number of fused-ring (bicyclic) bond motifs is 1. The number of ether oxygens (including phenoxy) is 1. The lowest BCUT2D eigenvalue weighted by Gasteiger charge is -2.36. The van der Waals surface area contributed by atoms with Crippen molar-refractivity contribution in [3.63, 3.8) is 0 Å². The zero-order valence-corrected chi connectivity index (χ0v) is 15.9. The molecule has 0 unspecified atom stereocenters. The van der Waals surface area contributed by atoms with Crippen LogP contribution in [-0.2, 0) is 16.2 Å². The molecule has 2 aliphatic rings. The average molecular weight is 395 g/mol. The summed E-state index contributed by atoms with van der Waals surface area (Å²) in [5.41, 5.74) is 1.22. The molecule has 1 aromatic carbocycles. The van der Waals surface area contributed by atoms with Crippen LogP contribution in [0.3, 0.4) is 0 Å². The van der Waals surface area contributed by atoms with Crippen molar-refractivity contribution in [2.45, 2.75) is 6.67 Å². The van der Waals surface area contributed by atoms with Crippen LogP contribution in [-0.4, -0.2) is 84.2 Å². The molecule has 8 nitrogen and oxygen atoms in total. The summed E-state index contributed by atoms with van der Waals surface area (Å²) in [7, 11) is 0. The van der Waals surface area contributed by atoms with E-state index < -0.39 is 5.76 Å². The maximum Gasteiger partial charge on any atom is 0.421 e. The maximum absolute atomic E-state index is 12.5. The third-order valence-corrected chi connectivity index (χ3v) is 5.39. The molecule has 0 atom stereocenters. The summed E-state index contributed by atoms with van der Waals surface area (Å²) in [6.07, 6.45) is 0. The van der Waals surface area contributed by atoms with Gasteiger partial charge in [0.2, 0.25) is 5.91 Å². The first-order valence-corrected chi connectivity index (χ1v) is 9.57. The molecule has 0 radical (unpaired) electrons. The van der Waals surface area contributed by atoms with Crippen LogP contribution in [0.15, 0.2) is 27.4 Å². The van der Waals surface area contributed by atoms with E-state index in [1.54, 1.807) is 22.8 Å². The highest BCUT2D eigenvalue weighted by atomic mass is 35.5. The van der Waals surface area contributed by atoms with E-state index in [-0.39, 0.29) is 5.91 Å². The van der Waals surface area contributed by atoms with Gasteiger partial charge in [-0.25, -0.2) is 4.79 Å². The molecule has 27 heavy (non-hydrogen) atoms. The Kier molecular flexibility index (Phi) is 5.49. The smallest absolute Gasteiger partial charge is 0.408 e. The van der Waals surface area contributed by atoms with Crippen LogP contribution in [0.25, 0.3) is 11.1 Å². The second-order valence-electron chi connectivity index (χ2n) is 6.94. The molecule has 2 saturated heterocycles. The number of aromatic nitrogens is 1. The minimum atomic E-state index is -0.391. The Bertz CT molecular complexity index is 866. The quantitative estimate of drug-likeness (QED) is 0.759. The molecule has 9 heteroatoms. The van der Waals surface area contributed by atoms with E-state index in [9.17, 15) is 9.59 Å². The van der Waals surface area contributed by atoms with Gasteiger partial charge in [-0.3, -0.25) is 19.2 Å². The molecule has 0 saturated carbocycles. The lowest BCUT2D eigenvalue weighted by atomic mass is 10.3. The largest absolute Gasteiger partial charge is 0.421 e. The number of carbonyl (C=O) groups is 1. The van der Waals surface area contributed by atoms with Crippen LogP contribution >= 0.6 is 11.6 Å². The van der Waals surface area contributed by atoms with Gasteiger partial charge in [-0.05, 0) is 12.1 Å². The van der Waals surface area contributed by atoms with Crippen molar-refractivity contribution in [2.75, 3.05) is 59.0 Å². The molecule has 1 aromatic heterocycles. The molecule has 3 heterocycles. The van der Waals surface area contributed by atoms with Gasteiger partial charge in [0.05, 0.1) is 31.9 Å². The second-order valence-corrected chi connectivity index (χ2v) is 7.37. The molecular formula is C18H23ClN4O4. The predicted octanol–water partition coefficient (Wildman–Crippen LogP) is 0.682. The fraction of sp³-hybridized carbons (Fsp3) is 0.556. The Morgan fingerprint density at radius 3 is 2.52 bits per heavy atom. The molecular weight excluding hydrogens is 372 g/mol. The summed E-state index contributed by atoms with van der Waals surface area (Å²) in [6.45, 7) is 6.69. The number of hydrogen-bond donors (Lipinski definition) is 0. The Labute approximate surface area is 161 Å². The van der Waals surface area contributed by atoms with Crippen molar-refractivity contribution >= 4 is 28.6 Å². The highest BCUT2D eigenvalue weighted by Gasteiger charge is 2.24. The van der Waals surface area contributed by atoms with E-state index >= 15 is 0 Å². The molecule has 146 valence electrons. The molecule has 0 bridgehead atoms. The van der Waals surface area contributed by atoms with Gasteiger partial charge < -0.3 is 14.1 Å². The standard InChI is InChI=1S/C18H23ClN4O4/c19-14-1-2-15-16(11-14)27-18(25)23(15)13-21-3-5-22(6-4-21)17(24)12-20-7-9-26-10-8-20/h1-2,11H,3-10,12-13H2. The Morgan fingerprint density at radius 1 is 1.04 bits per heavy atom. The van der Waals surface area contributed by atoms with Crippen molar-refractivity contribution in [3.05, 3.63) is 33.8 Å². The van der Waals surface area contributed by atoms with Gasteiger partial charge in [0.1, 0.15) is 0 Å². The van der Waals surface area contributed by atoms with Gasteiger partial charge in [-0.15, -0.1) is 0 Å². The van der Waals surface area contributed by atoms with Crippen molar-refractivity contribution in [2.24, 2.45) is 0 Å². The van der Waals surface area contributed by atoms with Crippen molar-refractivity contribution < 1.29 is 13.9 Å². The minimum absolute atomic E-state index is 0.164. The Balaban J connectivity index is 1.34. The number of nitrogens with zero attached hydrogens (tertiary/aromatic N) is 4. The summed E-state index contributed by atoms with van der Waals surface area (Å²) >= 11 is 5.96. The molecule has 0 spiro atoms. The summed E-state index contributed by atoms with van der Waals surface area (Å²) in [5, 5.41) is 0.538. The van der Waals surface area contributed by atoms with E-state index in [0.29, 0.717) is 50.1 Å². The molecule has 2 aromatic rings. The Hall–Kier alpha value is -1.87. The van der Waals surface area contributed by atoms with E-state index in [4.69, 9.17) is 20.8 Å². The first kappa shape index (κ1) is 18.5. The molecule has 0 N–H and O–H groups in total. The third kappa shape index (κ3) is 4.19. The van der Waals surface area contributed by atoms with E-state index in [0.717, 1.165) is 31.7 Å². The molecule has 1 amide bonds. The van der Waals surface area contributed by atoms with Gasteiger partial charge >= 0.3 is 5.76 Å². The van der Waals surface area contributed by atoms with Crippen LogP contribution in [0, 0.1) is 0 Å². The second kappa shape index (κ2) is 8.02. The summed E-state index contributed by atoms with van der Waals surface area (Å²) < 4.78 is 12.2. The lowest BCUT2D eigenvalue weighted by molar-refractivity contribution is -0.135. The molecule has 0 aliphatic carbocycles. The molecule has 2 aliphatic heterocycles. The monoisotopic (exact) mass is 394 g/mol. The Morgan fingerprint density at radius 2 is 1.78 bits per heavy atom. The fourth-order valence-corrected chi connectivity index (χ4v) is 3.73. The maximum atomic E-state index is 12.5. The SMILES string of the molecule is O=C(CN1CCOCC1)N1CCN(Cn2c(=O)oc3cc(Cl)ccc32)CC1. The first-order chi connectivity index (χ1) is 13.1. The topological polar surface area (TPSA) is 71.2 Å². The normalized spacial score (nSPS) is 19.7. The average Bonchev–Trinajstić information content (AvgIpc) is 2.97. The number of halogens is 1. The van der Waals surface area contributed by atoms with Crippen LogP contribution in [0.5, 0.6) is 0 Å². The zero-order valence-electron chi connectivity index (χ0n) is 15.1. The van der Waals surface area contributed by atoms with Gasteiger partial charge in [-0.1, -0.05) is 11.6 Å². The highest BCUT2D eigenvalue weighted by molar-refractivity contribution is 6.31. The summed E-state index contributed by atoms with van der Waals surface area (Å²) in [5.74, 6) is -0.227. The van der Waals surface area contributed by atoms with Crippen LogP contribution in [0.4, 0.5) is 0 Å². The number of piperazine rings is 1. The summed E-state index contributed by atoms with van der Waals surface area (Å²) in [6, 6.07) is 5.19. The number of morpholine rings is 1. The molecule has 2 fully saturated rings. The lowest BCUT2D eigenvalue weighted by Crippen LogP contribution is -2.52.